The summed E-state index contributed by atoms with van der Waals surface area (Å²) in [6.45, 7) is 13.2. The Kier molecular flexibility index (Phi) is 30.4. The quantitative estimate of drug-likeness (QED) is 0.0561. The summed E-state index contributed by atoms with van der Waals surface area (Å²) < 4.78 is 3.55. The number of likely N-dealkylation sites (tertiary alicyclic amines) is 1. The van der Waals surface area contributed by atoms with Gasteiger partial charge in [-0.15, -0.1) is 34.0 Å². The first-order chi connectivity index (χ1) is 46.0. The van der Waals surface area contributed by atoms with Crippen LogP contribution in [0.25, 0.3) is 62.4 Å². The van der Waals surface area contributed by atoms with Crippen LogP contribution in [0.4, 0.5) is 17.3 Å². The zero-order valence-corrected chi connectivity index (χ0v) is 59.8. The number of fused-ring (bicyclic) bond motifs is 3. The number of carbonyl (C=O) groups excluding carboxylic acids is 3. The maximum Gasteiger partial charge on any atom is 1.00 e. The number of aliphatic imine (C=N–C) groups is 1. The van der Waals surface area contributed by atoms with Gasteiger partial charge in [0.2, 0.25) is 5.78 Å². The molecular formula is C76H89BN14NaO5S3. The summed E-state index contributed by atoms with van der Waals surface area (Å²) in [5, 5.41) is 17.8. The zero-order chi connectivity index (χ0) is 66.5. The number of aryl methyl sites for hydroxylation is 2. The number of nitrogens with one attached hydrogen (secondary N) is 2. The summed E-state index contributed by atoms with van der Waals surface area (Å²) in [4.78, 5) is 88.7. The number of carboxylic acids is 1. The van der Waals surface area contributed by atoms with Crippen molar-refractivity contribution in [2.75, 3.05) is 36.4 Å². The predicted octanol–water partition coefficient (Wildman–Crippen LogP) is 12.9. The second kappa shape index (κ2) is 37.8. The molecule has 11 heterocycles. The van der Waals surface area contributed by atoms with Crippen molar-refractivity contribution in [1.82, 2.24) is 50.1 Å². The Morgan fingerprint density at radius 3 is 1.61 bits per heavy atom. The van der Waals surface area contributed by atoms with Crippen molar-refractivity contribution in [2.24, 2.45) is 22.7 Å². The Balaban J connectivity index is 0.000000249. The van der Waals surface area contributed by atoms with Gasteiger partial charge in [-0.1, -0.05) is 81.2 Å². The molecule has 0 unspecified atom stereocenters. The summed E-state index contributed by atoms with van der Waals surface area (Å²) in [7, 11) is 0. The average Bonchev–Trinajstić information content (AvgIpc) is 1.61. The molecule has 19 nitrogen and oxygen atoms in total. The van der Waals surface area contributed by atoms with E-state index in [1.165, 1.54) is 57.9 Å². The number of ketones is 1. The van der Waals surface area contributed by atoms with Crippen LogP contribution in [0.1, 0.15) is 142 Å². The van der Waals surface area contributed by atoms with Crippen molar-refractivity contribution in [2.45, 2.75) is 127 Å². The molecule has 3 aliphatic heterocycles. The minimum atomic E-state index is -1.43. The van der Waals surface area contributed by atoms with E-state index in [9.17, 15) is 19.2 Å². The normalized spacial score (nSPS) is 16.8. The zero-order valence-electron chi connectivity index (χ0n) is 56.3. The van der Waals surface area contributed by atoms with Crippen molar-refractivity contribution in [3.8, 4) is 31.7 Å². The minimum absolute atomic E-state index is 0. The third-order valence-electron chi connectivity index (χ3n) is 17.2. The number of carbonyl (C=O) groups is 4. The van der Waals surface area contributed by atoms with E-state index in [1.807, 2.05) is 87.2 Å². The first kappa shape index (κ1) is 80.4. The van der Waals surface area contributed by atoms with Gasteiger partial charge in [-0.25, -0.2) is 29.7 Å². The second-order valence-electron chi connectivity index (χ2n) is 24.4. The maximum absolute atomic E-state index is 13.4. The summed E-state index contributed by atoms with van der Waals surface area (Å²) >= 11 is 5.10. The maximum atomic E-state index is 13.4. The van der Waals surface area contributed by atoms with Crippen LogP contribution >= 0.6 is 34.0 Å². The molecule has 0 aliphatic carbocycles. The van der Waals surface area contributed by atoms with Gasteiger partial charge < -0.3 is 33.5 Å². The molecule has 14 rings (SSSR count). The van der Waals surface area contributed by atoms with E-state index in [4.69, 9.17) is 36.5 Å². The number of piperidine rings is 2. The van der Waals surface area contributed by atoms with Gasteiger partial charge in [0.15, 0.2) is 0 Å². The molecule has 0 saturated carbocycles. The van der Waals surface area contributed by atoms with Crippen molar-refractivity contribution in [3.05, 3.63) is 186 Å². The Hall–Kier alpha value is -8.55. The molecule has 3 aliphatic rings. The molecule has 3 aromatic carbocycles. The van der Waals surface area contributed by atoms with E-state index >= 15 is 0 Å². The van der Waals surface area contributed by atoms with E-state index in [1.54, 1.807) is 63.4 Å². The third kappa shape index (κ3) is 20.4. The van der Waals surface area contributed by atoms with Gasteiger partial charge in [0.1, 0.15) is 26.7 Å². The molecule has 2 saturated heterocycles. The standard InChI is InChI=1S/C27H28N6O2S.C18H19N3S.C18H17N3S.C10H12N2O3.3CH4.B.Na.H/c1-3-17-12-20(14-30-24(17)28)31-25(34)27(35)33-15-16(2)4-6-22(33)19-5-7-23-21(13-19)32-26(36-23)18-8-10-29-11-9-18;2*1-12-2-4-15(20-11-12)14-3-5-17-16(10-14)21-18(22-17)13-6-8-19-9-7-13;1-2-7-3-6(5-12-9(7)11)4-8(13)10(14)15;;;;;;/h5,7-14,16,22H,3-4,6,15H2,1-2H3,(H2,28,30)(H,31,34);3,5-10,12,15,20H,2,4,11H2,1H3;3,5-10,12H,2,4,11H2,1H3;3,5H,2,4H2,1H3,(H2,11,12)(H,14,15);3*1H4;;;/q;;;;;;;;+1;-1/t16-,22+;12-,15+;12-;;;;;;;/m000......./s1. The molecule has 5 atom stereocenters. The number of nitrogens with zero attached hydrogens (tertiary/aromatic N) is 10. The SMILES string of the molecule is C.C.C.CCc1cc(CC(=O)C(=O)O)cnc1N.CCc1cc(NC(=O)C(=O)N2C[C@@H](C)CC[C@@H]2c2ccc3sc(-c4ccncc4)nc3c2)cnc1N.C[C@H]1CCC(c2ccc3sc(-c4ccncc4)nc3c2)=NC1.C[C@H]1CC[C@H](c2ccc3sc(-c4ccncc4)nc3c2)NC1.[B].[H-].[Na+]. The number of hydrogen-bond donors (Lipinski definition) is 5. The van der Waals surface area contributed by atoms with E-state index in [0.717, 1.165) is 108 Å². The number of aromatic nitrogens is 8. The minimum Gasteiger partial charge on any atom is -1.00 e. The van der Waals surface area contributed by atoms with E-state index in [2.05, 4.69) is 98.8 Å². The molecule has 515 valence electrons. The van der Waals surface area contributed by atoms with Crippen molar-refractivity contribution in [3.63, 3.8) is 0 Å². The summed E-state index contributed by atoms with van der Waals surface area (Å²) in [6.07, 6.45) is 21.5. The van der Waals surface area contributed by atoms with Gasteiger partial charge in [0.05, 0.1) is 48.6 Å². The Bertz CT molecular complexity index is 4560. The van der Waals surface area contributed by atoms with Gasteiger partial charge in [-0.2, -0.15) is 0 Å². The first-order valence-corrected chi connectivity index (χ1v) is 34.6. The molecule has 100 heavy (non-hydrogen) atoms. The number of nitrogens with two attached hydrogens (primary N) is 2. The number of carboxylic acid groups (broad SMARTS) is 1. The molecule has 2 fully saturated rings. The number of nitrogen functional groups attached to an aromatic ring is 2. The number of Topliss-reactive ketones (excluding diaryl/α,β-unsaturated/α-hetero) is 1. The number of anilines is 3. The van der Waals surface area contributed by atoms with Gasteiger partial charge in [-0.05, 0) is 188 Å². The molecular weight excluding hydrogens is 1320 g/mol. The van der Waals surface area contributed by atoms with Gasteiger partial charge in [0.25, 0.3) is 0 Å². The average molecular weight is 1410 g/mol. The summed E-state index contributed by atoms with van der Waals surface area (Å²) in [5.74, 6) is -0.824. The number of thiazole rings is 3. The van der Waals surface area contributed by atoms with Crippen LogP contribution in [0.3, 0.4) is 0 Å². The van der Waals surface area contributed by atoms with Crippen LogP contribution in [-0.2, 0) is 38.4 Å². The molecule has 11 aromatic rings. The predicted molar refractivity (Wildman–Crippen MR) is 408 cm³/mol. The number of amides is 2. The Morgan fingerprint density at radius 1 is 0.600 bits per heavy atom. The molecule has 7 N–H and O–H groups in total. The van der Waals surface area contributed by atoms with Crippen LogP contribution in [0, 0.1) is 17.8 Å². The van der Waals surface area contributed by atoms with Crippen LogP contribution < -0.4 is 51.7 Å². The van der Waals surface area contributed by atoms with Crippen LogP contribution in [0.15, 0.2) is 158 Å². The molecule has 0 bridgehead atoms. The number of pyridine rings is 5. The third-order valence-corrected chi connectivity index (χ3v) is 20.5. The van der Waals surface area contributed by atoms with Crippen LogP contribution in [-0.4, -0.2) is 107 Å². The number of benzene rings is 3. The van der Waals surface area contributed by atoms with E-state index < -0.39 is 23.6 Å². The Labute approximate surface area is 624 Å². The van der Waals surface area contributed by atoms with Crippen LogP contribution in [0.5, 0.6) is 0 Å². The fourth-order valence-electron chi connectivity index (χ4n) is 11.7. The van der Waals surface area contributed by atoms with Gasteiger partial charge in [-0.3, -0.25) is 34.3 Å². The smallest absolute Gasteiger partial charge is 1.00 e. The monoisotopic (exact) mass is 1410 g/mol. The van der Waals surface area contributed by atoms with Crippen molar-refractivity contribution < 1.29 is 55.3 Å². The van der Waals surface area contributed by atoms with Gasteiger partial charge >= 0.3 is 47.3 Å². The largest absolute Gasteiger partial charge is 1.00 e. The Morgan fingerprint density at radius 2 is 1.10 bits per heavy atom. The number of aliphatic carboxylic acids is 1. The van der Waals surface area contributed by atoms with Crippen LogP contribution in [0.2, 0.25) is 0 Å². The van der Waals surface area contributed by atoms with Crippen molar-refractivity contribution >= 4 is 120 Å². The molecule has 8 aromatic heterocycles. The van der Waals surface area contributed by atoms with E-state index in [0.29, 0.717) is 60.2 Å². The number of hydrogen-bond acceptors (Lipinski definition) is 19. The second-order valence-corrected chi connectivity index (χ2v) is 27.4. The topological polar surface area (TPSA) is 283 Å². The van der Waals surface area contributed by atoms with E-state index in [-0.39, 0.29) is 74.1 Å². The van der Waals surface area contributed by atoms with Gasteiger partial charge in [0, 0.05) is 99.7 Å². The van der Waals surface area contributed by atoms with Crippen molar-refractivity contribution in [1.29, 1.82) is 0 Å². The molecule has 24 heteroatoms. The molecule has 3 radical (unpaired) electrons. The number of rotatable bonds is 12. The molecule has 0 spiro atoms. The fraction of sp³-hybridized carbons (Fsp3) is 0.329. The first-order valence-electron chi connectivity index (χ1n) is 32.1. The summed E-state index contributed by atoms with van der Waals surface area (Å²) in [5.41, 5.74) is 25.3. The summed E-state index contributed by atoms with van der Waals surface area (Å²) in [6, 6.07) is 35.1. The fourth-order valence-corrected chi connectivity index (χ4v) is 14.6. The molecule has 2 amide bonds.